The Balaban J connectivity index is 1.97. The SMILES string of the molecule is C=CCn1c(O)c(C=N[C@@H](Cc2c[nH]c3ccccc23)C(=O)OC)c(=O)[nH]c1=S. The summed E-state index contributed by atoms with van der Waals surface area (Å²) in [4.78, 5) is 34.3. The fourth-order valence-corrected chi connectivity index (χ4v) is 3.25. The van der Waals surface area contributed by atoms with Gasteiger partial charge in [-0.3, -0.25) is 19.3 Å². The summed E-state index contributed by atoms with van der Waals surface area (Å²) in [5.74, 6) is -0.903. The molecule has 0 saturated heterocycles. The number of aliphatic imine (C=N–C) groups is 1. The minimum absolute atomic E-state index is 0.0628. The van der Waals surface area contributed by atoms with Gasteiger partial charge >= 0.3 is 5.97 Å². The quantitative estimate of drug-likeness (QED) is 0.239. The highest BCUT2D eigenvalue weighted by Crippen LogP contribution is 2.20. The number of hydrogen-bond acceptors (Lipinski definition) is 6. The fourth-order valence-electron chi connectivity index (χ4n) is 3.00. The highest BCUT2D eigenvalue weighted by molar-refractivity contribution is 7.71. The van der Waals surface area contributed by atoms with E-state index in [1.807, 2.05) is 30.5 Å². The average Bonchev–Trinajstić information content (AvgIpc) is 3.12. The number of esters is 1. The number of aromatic nitrogens is 3. The van der Waals surface area contributed by atoms with Crippen molar-refractivity contribution in [1.29, 1.82) is 0 Å². The van der Waals surface area contributed by atoms with E-state index in [1.54, 1.807) is 0 Å². The monoisotopic (exact) mass is 412 g/mol. The lowest BCUT2D eigenvalue weighted by Crippen LogP contribution is -2.24. The van der Waals surface area contributed by atoms with Crippen LogP contribution in [0, 0.1) is 4.77 Å². The second-order valence-corrected chi connectivity index (χ2v) is 6.66. The van der Waals surface area contributed by atoms with Crippen LogP contribution >= 0.6 is 12.2 Å². The molecule has 0 radical (unpaired) electrons. The summed E-state index contributed by atoms with van der Waals surface area (Å²) in [6.07, 6.45) is 4.77. The summed E-state index contributed by atoms with van der Waals surface area (Å²) in [6.45, 7) is 3.80. The number of nitrogens with one attached hydrogen (secondary N) is 2. The van der Waals surface area contributed by atoms with Gasteiger partial charge < -0.3 is 14.8 Å². The van der Waals surface area contributed by atoms with Crippen LogP contribution in [0.5, 0.6) is 5.88 Å². The summed E-state index contributed by atoms with van der Waals surface area (Å²) in [6, 6.07) is 6.80. The van der Waals surface area contributed by atoms with Crippen LogP contribution in [0.25, 0.3) is 10.9 Å². The van der Waals surface area contributed by atoms with Crippen LogP contribution in [-0.2, 0) is 22.5 Å². The van der Waals surface area contributed by atoms with Gasteiger partial charge in [0.2, 0.25) is 5.88 Å². The zero-order valence-corrected chi connectivity index (χ0v) is 16.5. The summed E-state index contributed by atoms with van der Waals surface area (Å²) in [5, 5.41) is 11.4. The Hall–Kier alpha value is -3.46. The molecule has 0 aliphatic heterocycles. The van der Waals surface area contributed by atoms with Gasteiger partial charge in [-0.05, 0) is 23.8 Å². The Morgan fingerprint density at radius 3 is 2.93 bits per heavy atom. The summed E-state index contributed by atoms with van der Waals surface area (Å²) >= 11 is 5.05. The van der Waals surface area contributed by atoms with E-state index in [1.165, 1.54) is 24.0 Å². The van der Waals surface area contributed by atoms with Crippen LogP contribution in [0.2, 0.25) is 0 Å². The summed E-state index contributed by atoms with van der Waals surface area (Å²) in [7, 11) is 1.27. The van der Waals surface area contributed by atoms with Gasteiger partial charge in [-0.25, -0.2) is 4.79 Å². The number of benzene rings is 1. The maximum atomic E-state index is 12.3. The van der Waals surface area contributed by atoms with Crippen molar-refractivity contribution in [2.24, 2.45) is 4.99 Å². The molecule has 150 valence electrons. The number of methoxy groups -OCH3 is 1. The van der Waals surface area contributed by atoms with Crippen LogP contribution in [0.4, 0.5) is 0 Å². The van der Waals surface area contributed by atoms with Crippen molar-refractivity contribution in [3.05, 3.63) is 69.4 Å². The normalized spacial score (nSPS) is 12.3. The number of ether oxygens (including phenoxy) is 1. The Kier molecular flexibility index (Phi) is 6.08. The summed E-state index contributed by atoms with van der Waals surface area (Å²) in [5.41, 5.74) is 1.12. The van der Waals surface area contributed by atoms with Gasteiger partial charge in [-0.2, -0.15) is 0 Å². The Bertz CT molecular complexity index is 1210. The van der Waals surface area contributed by atoms with Crippen molar-refractivity contribution in [3.8, 4) is 5.88 Å². The van der Waals surface area contributed by atoms with Gasteiger partial charge in [0.25, 0.3) is 5.56 Å². The van der Waals surface area contributed by atoms with Crippen LogP contribution < -0.4 is 5.56 Å². The number of aromatic hydroxyl groups is 1. The van der Waals surface area contributed by atoms with Crippen molar-refractivity contribution in [3.63, 3.8) is 0 Å². The minimum atomic E-state index is -0.894. The number of rotatable bonds is 7. The van der Waals surface area contributed by atoms with E-state index < -0.39 is 17.6 Å². The number of aromatic amines is 2. The van der Waals surface area contributed by atoms with E-state index in [4.69, 9.17) is 17.0 Å². The molecule has 2 heterocycles. The predicted octanol–water partition coefficient (Wildman–Crippen LogP) is 2.48. The highest BCUT2D eigenvalue weighted by atomic mass is 32.1. The lowest BCUT2D eigenvalue weighted by molar-refractivity contribution is -0.142. The molecular formula is C20H20N4O4S. The van der Waals surface area contributed by atoms with Gasteiger partial charge in [-0.15, -0.1) is 6.58 Å². The smallest absolute Gasteiger partial charge is 0.330 e. The lowest BCUT2D eigenvalue weighted by Gasteiger charge is -2.11. The third-order valence-electron chi connectivity index (χ3n) is 4.46. The zero-order valence-electron chi connectivity index (χ0n) is 15.7. The third kappa shape index (κ3) is 4.19. The zero-order chi connectivity index (χ0) is 21.0. The second kappa shape index (κ2) is 8.70. The average molecular weight is 412 g/mol. The number of hydrogen-bond donors (Lipinski definition) is 3. The van der Waals surface area contributed by atoms with E-state index in [9.17, 15) is 14.7 Å². The van der Waals surface area contributed by atoms with E-state index >= 15 is 0 Å². The molecule has 1 aromatic carbocycles. The Morgan fingerprint density at radius 1 is 1.45 bits per heavy atom. The molecule has 8 nitrogen and oxygen atoms in total. The lowest BCUT2D eigenvalue weighted by atomic mass is 10.1. The Morgan fingerprint density at radius 2 is 2.21 bits per heavy atom. The van der Waals surface area contributed by atoms with Gasteiger partial charge in [-0.1, -0.05) is 24.3 Å². The van der Waals surface area contributed by atoms with Gasteiger partial charge in [0.1, 0.15) is 5.56 Å². The first-order chi connectivity index (χ1) is 14.0. The molecule has 0 unspecified atom stereocenters. The van der Waals surface area contributed by atoms with E-state index in [2.05, 4.69) is 21.5 Å². The number of fused-ring (bicyclic) bond motifs is 1. The molecule has 1 atom stereocenters. The molecule has 9 heteroatoms. The van der Waals surface area contributed by atoms with Crippen molar-refractivity contribution in [1.82, 2.24) is 14.5 Å². The topological polar surface area (TPSA) is 112 Å². The van der Waals surface area contributed by atoms with Crippen LogP contribution in [0.15, 0.2) is 52.9 Å². The first-order valence-electron chi connectivity index (χ1n) is 8.79. The number of para-hydroxylation sites is 1. The van der Waals surface area contributed by atoms with Crippen LogP contribution in [0.1, 0.15) is 11.1 Å². The number of nitrogens with zero attached hydrogens (tertiary/aromatic N) is 2. The maximum absolute atomic E-state index is 12.3. The van der Waals surface area contributed by atoms with Crippen molar-refractivity contribution in [2.75, 3.05) is 7.11 Å². The highest BCUT2D eigenvalue weighted by Gasteiger charge is 2.21. The molecule has 0 bridgehead atoms. The largest absolute Gasteiger partial charge is 0.494 e. The molecule has 0 aliphatic rings. The molecule has 3 rings (SSSR count). The van der Waals surface area contributed by atoms with Crippen molar-refractivity contribution in [2.45, 2.75) is 19.0 Å². The van der Waals surface area contributed by atoms with Gasteiger partial charge in [0, 0.05) is 36.3 Å². The van der Waals surface area contributed by atoms with Crippen molar-refractivity contribution < 1.29 is 14.6 Å². The molecule has 0 aliphatic carbocycles. The fraction of sp³-hybridized carbons (Fsp3) is 0.200. The summed E-state index contributed by atoms with van der Waals surface area (Å²) < 4.78 is 6.22. The van der Waals surface area contributed by atoms with Crippen LogP contribution in [-0.4, -0.2) is 45.0 Å². The van der Waals surface area contributed by atoms with Gasteiger partial charge in [0.15, 0.2) is 10.8 Å². The molecule has 0 spiro atoms. The first kappa shape index (κ1) is 20.3. The van der Waals surface area contributed by atoms with E-state index in [0.29, 0.717) is 0 Å². The van der Waals surface area contributed by atoms with Crippen LogP contribution in [0.3, 0.4) is 0 Å². The number of H-pyrrole nitrogens is 2. The molecule has 0 saturated carbocycles. The first-order valence-corrected chi connectivity index (χ1v) is 9.20. The standard InChI is InChI=1S/C20H20N4O4S/c1-3-8-24-18(26)14(17(25)23-20(24)29)11-22-16(19(27)28-2)9-12-10-21-15-7-5-4-6-13(12)15/h3-7,10-11,16,21,26H,1,8-9H2,2H3,(H,23,25,29)/t16-/m0/s1. The minimum Gasteiger partial charge on any atom is -0.494 e. The number of carbonyl (C=O) groups excluding carboxylic acids is 1. The van der Waals surface area contributed by atoms with Crippen molar-refractivity contribution >= 4 is 35.3 Å². The number of allylic oxidation sites excluding steroid dienone is 1. The molecule has 29 heavy (non-hydrogen) atoms. The second-order valence-electron chi connectivity index (χ2n) is 6.28. The molecule has 2 aromatic heterocycles. The number of carbonyl (C=O) groups is 1. The molecule has 0 fully saturated rings. The molecule has 0 amide bonds. The predicted molar refractivity (Wildman–Crippen MR) is 113 cm³/mol. The van der Waals surface area contributed by atoms with Gasteiger partial charge in [0.05, 0.1) is 7.11 Å². The third-order valence-corrected chi connectivity index (χ3v) is 4.79. The molecular weight excluding hydrogens is 392 g/mol. The molecule has 3 N–H and O–H groups in total. The van der Waals surface area contributed by atoms with E-state index in [0.717, 1.165) is 16.5 Å². The van der Waals surface area contributed by atoms with E-state index in [-0.39, 0.29) is 29.2 Å². The Labute approximate surface area is 171 Å². The molecule has 3 aromatic rings. The maximum Gasteiger partial charge on any atom is 0.330 e.